The van der Waals surface area contributed by atoms with Gasteiger partial charge in [0.1, 0.15) is 5.75 Å². The third-order valence-electron chi connectivity index (χ3n) is 5.31. The average Bonchev–Trinajstić information content (AvgIpc) is 2.76. The minimum Gasteiger partial charge on any atom is -0.494 e. The number of benzene rings is 2. The first-order chi connectivity index (χ1) is 14.8. The van der Waals surface area contributed by atoms with E-state index >= 15 is 0 Å². The van der Waals surface area contributed by atoms with Gasteiger partial charge in [0.25, 0.3) is 0 Å². The van der Waals surface area contributed by atoms with Crippen molar-refractivity contribution in [3.8, 4) is 5.75 Å². The second-order valence-electron chi connectivity index (χ2n) is 7.36. The van der Waals surface area contributed by atoms with Crippen LogP contribution in [0, 0.1) is 5.92 Å². The molecule has 0 bridgehead atoms. The molecule has 31 heavy (non-hydrogen) atoms. The highest BCUT2D eigenvalue weighted by Gasteiger charge is 2.32. The Kier molecular flexibility index (Phi) is 8.22. The van der Waals surface area contributed by atoms with E-state index in [1.807, 2.05) is 13.0 Å². The molecule has 2 aromatic carbocycles. The van der Waals surface area contributed by atoms with Gasteiger partial charge in [0.2, 0.25) is 15.9 Å². The molecule has 0 spiro atoms. The molecule has 0 unspecified atom stereocenters. The number of piperidine rings is 1. The standard InChI is InChI=1S/C22H26Cl2N2O4S/c1-2-30-19-5-7-20(8-6-19)31(28,29)26-13-10-17(11-14-26)22(27)25-12-9-16-3-4-18(23)15-21(16)24/h3-8,15,17H,2,9-14H2,1H3,(H,25,27). The lowest BCUT2D eigenvalue weighted by Gasteiger charge is -2.30. The average molecular weight is 485 g/mol. The third kappa shape index (κ3) is 6.13. The number of nitrogens with one attached hydrogen (secondary N) is 1. The van der Waals surface area contributed by atoms with Crippen LogP contribution in [0.2, 0.25) is 10.0 Å². The van der Waals surface area contributed by atoms with E-state index in [1.54, 1.807) is 36.4 Å². The number of amides is 1. The molecule has 2 aromatic rings. The summed E-state index contributed by atoms with van der Waals surface area (Å²) >= 11 is 12.1. The molecule has 3 rings (SSSR count). The monoisotopic (exact) mass is 484 g/mol. The molecule has 168 valence electrons. The van der Waals surface area contributed by atoms with Crippen LogP contribution in [0.5, 0.6) is 5.75 Å². The van der Waals surface area contributed by atoms with Crippen molar-refractivity contribution in [2.75, 3.05) is 26.2 Å². The van der Waals surface area contributed by atoms with Crippen molar-refractivity contribution in [3.63, 3.8) is 0 Å². The van der Waals surface area contributed by atoms with Crippen molar-refractivity contribution in [2.45, 2.75) is 31.1 Å². The Balaban J connectivity index is 1.49. The van der Waals surface area contributed by atoms with Crippen LogP contribution in [0.1, 0.15) is 25.3 Å². The van der Waals surface area contributed by atoms with Crippen molar-refractivity contribution >= 4 is 39.1 Å². The normalized spacial score (nSPS) is 15.6. The Labute approximate surface area is 193 Å². The van der Waals surface area contributed by atoms with Gasteiger partial charge < -0.3 is 10.1 Å². The lowest BCUT2D eigenvalue weighted by Crippen LogP contribution is -2.43. The van der Waals surface area contributed by atoms with Crippen LogP contribution in [0.15, 0.2) is 47.4 Å². The predicted octanol–water partition coefficient (Wildman–Crippen LogP) is 4.15. The van der Waals surface area contributed by atoms with Crippen LogP contribution < -0.4 is 10.1 Å². The Hall–Kier alpha value is -1.80. The maximum absolute atomic E-state index is 12.9. The van der Waals surface area contributed by atoms with Gasteiger partial charge in [0.05, 0.1) is 11.5 Å². The first-order valence-corrected chi connectivity index (χ1v) is 12.5. The molecule has 0 aromatic heterocycles. The lowest BCUT2D eigenvalue weighted by molar-refractivity contribution is -0.126. The van der Waals surface area contributed by atoms with Gasteiger partial charge in [0.15, 0.2) is 0 Å². The molecule has 1 aliphatic heterocycles. The van der Waals surface area contributed by atoms with E-state index in [4.69, 9.17) is 27.9 Å². The summed E-state index contributed by atoms with van der Waals surface area (Å²) in [5, 5.41) is 4.09. The van der Waals surface area contributed by atoms with Gasteiger partial charge in [-0.25, -0.2) is 8.42 Å². The van der Waals surface area contributed by atoms with Crippen molar-refractivity contribution < 1.29 is 17.9 Å². The molecular weight excluding hydrogens is 459 g/mol. The molecule has 6 nitrogen and oxygen atoms in total. The first-order valence-electron chi connectivity index (χ1n) is 10.3. The van der Waals surface area contributed by atoms with Crippen molar-refractivity contribution in [3.05, 3.63) is 58.1 Å². The maximum Gasteiger partial charge on any atom is 0.243 e. The second-order valence-corrected chi connectivity index (χ2v) is 10.1. The number of carbonyl (C=O) groups excluding carboxylic acids is 1. The highest BCUT2D eigenvalue weighted by molar-refractivity contribution is 7.89. The van der Waals surface area contributed by atoms with Crippen LogP contribution in [0.25, 0.3) is 0 Å². The molecule has 1 heterocycles. The molecular formula is C22H26Cl2N2O4S. The number of halogens is 2. The van der Waals surface area contributed by atoms with Crippen LogP contribution in [0.4, 0.5) is 0 Å². The zero-order valence-electron chi connectivity index (χ0n) is 17.3. The van der Waals surface area contributed by atoms with E-state index in [0.717, 1.165) is 5.56 Å². The van der Waals surface area contributed by atoms with Crippen LogP contribution >= 0.6 is 23.2 Å². The number of rotatable bonds is 8. The maximum atomic E-state index is 12.9. The van der Waals surface area contributed by atoms with E-state index in [2.05, 4.69) is 5.32 Å². The SMILES string of the molecule is CCOc1ccc(S(=O)(=O)N2CCC(C(=O)NCCc3ccc(Cl)cc3Cl)CC2)cc1. The Bertz CT molecular complexity index is 1000. The number of hydrogen-bond acceptors (Lipinski definition) is 4. The molecule has 1 N–H and O–H groups in total. The van der Waals surface area contributed by atoms with E-state index < -0.39 is 10.0 Å². The van der Waals surface area contributed by atoms with Gasteiger partial charge in [0, 0.05) is 35.6 Å². The van der Waals surface area contributed by atoms with Gasteiger partial charge in [-0.05, 0) is 68.1 Å². The van der Waals surface area contributed by atoms with Crippen LogP contribution in [-0.2, 0) is 21.2 Å². The molecule has 0 atom stereocenters. The topological polar surface area (TPSA) is 75.7 Å². The molecule has 1 amide bonds. The number of sulfonamides is 1. The van der Waals surface area contributed by atoms with Gasteiger partial charge in [-0.1, -0.05) is 29.3 Å². The molecule has 0 aliphatic carbocycles. The summed E-state index contributed by atoms with van der Waals surface area (Å²) in [6, 6.07) is 11.7. The molecule has 1 fully saturated rings. The first kappa shape index (κ1) is 23.9. The largest absolute Gasteiger partial charge is 0.494 e. The van der Waals surface area contributed by atoms with E-state index in [9.17, 15) is 13.2 Å². The summed E-state index contributed by atoms with van der Waals surface area (Å²) in [6.45, 7) is 3.49. The molecule has 0 saturated carbocycles. The quantitative estimate of drug-likeness (QED) is 0.610. The smallest absolute Gasteiger partial charge is 0.243 e. The van der Waals surface area contributed by atoms with E-state index in [0.29, 0.717) is 61.3 Å². The summed E-state index contributed by atoms with van der Waals surface area (Å²) in [7, 11) is -3.58. The molecule has 1 aliphatic rings. The van der Waals surface area contributed by atoms with Crippen molar-refractivity contribution in [2.24, 2.45) is 5.92 Å². The van der Waals surface area contributed by atoms with Crippen molar-refractivity contribution in [1.82, 2.24) is 9.62 Å². The van der Waals surface area contributed by atoms with Crippen molar-refractivity contribution in [1.29, 1.82) is 0 Å². The summed E-state index contributed by atoms with van der Waals surface area (Å²) in [6.07, 6.45) is 1.58. The van der Waals surface area contributed by atoms with E-state index in [-0.39, 0.29) is 16.7 Å². The van der Waals surface area contributed by atoms with Gasteiger partial charge in [-0.15, -0.1) is 0 Å². The van der Waals surface area contributed by atoms with E-state index in [1.165, 1.54) is 4.31 Å². The fourth-order valence-corrected chi connectivity index (χ4v) is 5.54. The minimum absolute atomic E-state index is 0.0526. The zero-order chi connectivity index (χ0) is 22.4. The fraction of sp³-hybridized carbons (Fsp3) is 0.409. The lowest BCUT2D eigenvalue weighted by atomic mass is 9.97. The Morgan fingerprint density at radius 3 is 2.42 bits per heavy atom. The molecule has 0 radical (unpaired) electrons. The molecule has 9 heteroatoms. The Morgan fingerprint density at radius 2 is 1.81 bits per heavy atom. The highest BCUT2D eigenvalue weighted by Crippen LogP contribution is 2.25. The third-order valence-corrected chi connectivity index (χ3v) is 7.81. The zero-order valence-corrected chi connectivity index (χ0v) is 19.6. The minimum atomic E-state index is -3.58. The summed E-state index contributed by atoms with van der Waals surface area (Å²) in [5.74, 6) is 0.382. The summed E-state index contributed by atoms with van der Waals surface area (Å²) in [5.41, 5.74) is 0.919. The predicted molar refractivity (Wildman–Crippen MR) is 122 cm³/mol. The number of nitrogens with zero attached hydrogens (tertiary/aromatic N) is 1. The van der Waals surface area contributed by atoms with Crippen LogP contribution in [0.3, 0.4) is 0 Å². The van der Waals surface area contributed by atoms with Gasteiger partial charge in [-0.2, -0.15) is 4.31 Å². The fourth-order valence-electron chi connectivity index (χ4n) is 3.57. The van der Waals surface area contributed by atoms with Gasteiger partial charge in [-0.3, -0.25) is 4.79 Å². The number of ether oxygens (including phenoxy) is 1. The van der Waals surface area contributed by atoms with Crippen LogP contribution in [-0.4, -0.2) is 44.9 Å². The molecule has 1 saturated heterocycles. The highest BCUT2D eigenvalue weighted by atomic mass is 35.5. The summed E-state index contributed by atoms with van der Waals surface area (Å²) < 4.78 is 32.6. The summed E-state index contributed by atoms with van der Waals surface area (Å²) in [4.78, 5) is 12.7. The second kappa shape index (κ2) is 10.7. The number of hydrogen-bond donors (Lipinski definition) is 1. The van der Waals surface area contributed by atoms with Gasteiger partial charge >= 0.3 is 0 Å². The Morgan fingerprint density at radius 1 is 1.13 bits per heavy atom. The number of carbonyl (C=O) groups is 1.